The first kappa shape index (κ1) is 17.6. The molecule has 0 aromatic rings. The maximum Gasteiger partial charge on any atom is 0.409 e. The van der Waals surface area contributed by atoms with Gasteiger partial charge in [0.05, 0.1) is 18.8 Å². The van der Waals surface area contributed by atoms with Crippen molar-refractivity contribution in [3.05, 3.63) is 0 Å². The van der Waals surface area contributed by atoms with Crippen molar-refractivity contribution < 1.29 is 14.6 Å². The molecule has 1 amide bonds. The number of aliphatic hydroxyl groups is 1. The molecule has 1 atom stereocenters. The van der Waals surface area contributed by atoms with Gasteiger partial charge in [-0.2, -0.15) is 0 Å². The van der Waals surface area contributed by atoms with Gasteiger partial charge in [-0.15, -0.1) is 0 Å². The number of amides is 1. The minimum absolute atomic E-state index is 0.324. The summed E-state index contributed by atoms with van der Waals surface area (Å²) in [7, 11) is 0. The molecule has 1 unspecified atom stereocenters. The topological polar surface area (TPSA) is 49.8 Å². The molecule has 1 saturated heterocycles. The van der Waals surface area contributed by atoms with E-state index in [4.69, 9.17) is 4.74 Å². The Morgan fingerprint density at radius 3 is 2.19 bits per heavy atom. The summed E-state index contributed by atoms with van der Waals surface area (Å²) in [6.07, 6.45) is 0.307. The summed E-state index contributed by atoms with van der Waals surface area (Å²) < 4.78 is 4.80. The van der Waals surface area contributed by atoms with Crippen LogP contribution in [-0.4, -0.2) is 41.4 Å². The first-order valence-corrected chi connectivity index (χ1v) is 6.19. The number of ether oxygens (including phenoxy) is 1. The quantitative estimate of drug-likeness (QED) is 0.757. The van der Waals surface area contributed by atoms with Gasteiger partial charge in [0, 0.05) is 6.54 Å². The van der Waals surface area contributed by atoms with E-state index in [9.17, 15) is 9.90 Å². The van der Waals surface area contributed by atoms with Crippen molar-refractivity contribution >= 4 is 6.09 Å². The molecule has 4 heteroatoms. The Morgan fingerprint density at radius 2 is 1.88 bits per heavy atom. The molecule has 0 aromatic carbocycles. The summed E-state index contributed by atoms with van der Waals surface area (Å²) >= 11 is 0. The summed E-state index contributed by atoms with van der Waals surface area (Å²) in [6, 6.07) is 0. The van der Waals surface area contributed by atoms with Crippen LogP contribution in [0.5, 0.6) is 0 Å². The second-order valence-electron chi connectivity index (χ2n) is 3.37. The van der Waals surface area contributed by atoms with E-state index in [1.807, 2.05) is 27.7 Å². The van der Waals surface area contributed by atoms with Crippen LogP contribution in [0, 0.1) is 0 Å². The van der Waals surface area contributed by atoms with Crippen LogP contribution in [0.2, 0.25) is 0 Å². The summed E-state index contributed by atoms with van der Waals surface area (Å²) in [5.41, 5.74) is -0.729. The van der Waals surface area contributed by atoms with Gasteiger partial charge in [-0.1, -0.05) is 27.7 Å². The molecule has 4 nitrogen and oxygen atoms in total. The first-order valence-electron chi connectivity index (χ1n) is 6.19. The molecule has 1 fully saturated rings. The average Bonchev–Trinajstić information content (AvgIpc) is 2.65. The third kappa shape index (κ3) is 6.67. The fraction of sp³-hybridized carbons (Fsp3) is 0.917. The highest BCUT2D eigenvalue weighted by atomic mass is 16.6. The van der Waals surface area contributed by atoms with Gasteiger partial charge in [-0.25, -0.2) is 4.79 Å². The van der Waals surface area contributed by atoms with Crippen molar-refractivity contribution in [2.75, 3.05) is 19.7 Å². The van der Waals surface area contributed by atoms with Crippen molar-refractivity contribution in [3.63, 3.8) is 0 Å². The Hall–Kier alpha value is -0.770. The van der Waals surface area contributed by atoms with Crippen LogP contribution in [0.3, 0.4) is 0 Å². The zero-order chi connectivity index (χ0) is 13.2. The standard InChI is InChI=1S/C8H15NO3.2C2H6/c1-3-12-7(10)9-5-4-8(2,11)6-9;2*1-2/h11H,3-6H2,1-2H3;2*1-2H3. The van der Waals surface area contributed by atoms with Crippen LogP contribution >= 0.6 is 0 Å². The van der Waals surface area contributed by atoms with Crippen molar-refractivity contribution in [2.24, 2.45) is 0 Å². The molecule has 1 aliphatic rings. The van der Waals surface area contributed by atoms with Gasteiger partial charge in [-0.3, -0.25) is 0 Å². The van der Waals surface area contributed by atoms with Crippen molar-refractivity contribution in [1.29, 1.82) is 0 Å². The van der Waals surface area contributed by atoms with Gasteiger partial charge < -0.3 is 14.7 Å². The normalized spacial score (nSPS) is 22.6. The van der Waals surface area contributed by atoms with Crippen molar-refractivity contribution in [1.82, 2.24) is 4.90 Å². The maximum atomic E-state index is 11.1. The number of nitrogens with zero attached hydrogens (tertiary/aromatic N) is 1. The van der Waals surface area contributed by atoms with Crippen molar-refractivity contribution in [2.45, 2.75) is 53.6 Å². The van der Waals surface area contributed by atoms with Crippen LogP contribution in [-0.2, 0) is 4.74 Å². The fourth-order valence-electron chi connectivity index (χ4n) is 1.32. The van der Waals surface area contributed by atoms with E-state index in [-0.39, 0.29) is 6.09 Å². The van der Waals surface area contributed by atoms with Gasteiger partial charge in [0.15, 0.2) is 0 Å². The first-order chi connectivity index (χ1) is 7.55. The molecule has 0 aromatic heterocycles. The lowest BCUT2D eigenvalue weighted by Gasteiger charge is -2.17. The smallest absolute Gasteiger partial charge is 0.409 e. The van der Waals surface area contributed by atoms with Crippen LogP contribution < -0.4 is 0 Å². The molecule has 0 aliphatic carbocycles. The Morgan fingerprint density at radius 1 is 1.38 bits per heavy atom. The third-order valence-corrected chi connectivity index (χ3v) is 1.98. The van der Waals surface area contributed by atoms with E-state index in [2.05, 4.69) is 0 Å². The predicted octanol–water partition coefficient (Wildman–Crippen LogP) is 2.65. The summed E-state index contributed by atoms with van der Waals surface area (Å²) in [5.74, 6) is 0. The molecule has 98 valence electrons. The molecule has 0 spiro atoms. The Bertz CT molecular complexity index is 181. The zero-order valence-electron chi connectivity index (χ0n) is 11.5. The molecule has 1 rings (SSSR count). The molecule has 0 bridgehead atoms. The average molecular weight is 233 g/mol. The molecule has 1 N–H and O–H groups in total. The number of rotatable bonds is 1. The highest BCUT2D eigenvalue weighted by Crippen LogP contribution is 2.20. The van der Waals surface area contributed by atoms with Crippen molar-refractivity contribution in [3.8, 4) is 0 Å². The largest absolute Gasteiger partial charge is 0.450 e. The Balaban J connectivity index is 0. The molecular formula is C12H27NO3. The predicted molar refractivity (Wildman–Crippen MR) is 66.5 cm³/mol. The summed E-state index contributed by atoms with van der Waals surface area (Å²) in [4.78, 5) is 12.7. The highest BCUT2D eigenvalue weighted by Gasteiger charge is 2.34. The SMILES string of the molecule is CC.CC.CCOC(=O)N1CCC(C)(O)C1. The number of likely N-dealkylation sites (tertiary alicyclic amines) is 1. The number of hydrogen-bond donors (Lipinski definition) is 1. The number of carbonyl (C=O) groups excluding carboxylic acids is 1. The molecule has 1 heterocycles. The summed E-state index contributed by atoms with van der Waals surface area (Å²) in [5, 5.41) is 9.53. The van der Waals surface area contributed by atoms with Gasteiger partial charge in [0.1, 0.15) is 0 Å². The minimum Gasteiger partial charge on any atom is -0.450 e. The highest BCUT2D eigenvalue weighted by molar-refractivity contribution is 5.68. The Kier molecular flexibility index (Phi) is 10.4. The Labute approximate surface area is 99.6 Å². The lowest BCUT2D eigenvalue weighted by Crippen LogP contribution is -2.34. The van der Waals surface area contributed by atoms with E-state index >= 15 is 0 Å². The lowest BCUT2D eigenvalue weighted by molar-refractivity contribution is 0.0615. The van der Waals surface area contributed by atoms with Gasteiger partial charge in [0.2, 0.25) is 0 Å². The van der Waals surface area contributed by atoms with Crippen LogP contribution in [0.4, 0.5) is 4.79 Å². The summed E-state index contributed by atoms with van der Waals surface area (Å²) in [6.45, 7) is 12.9. The molecule has 0 radical (unpaired) electrons. The number of carbonyl (C=O) groups is 1. The zero-order valence-corrected chi connectivity index (χ0v) is 11.5. The van der Waals surface area contributed by atoms with E-state index in [0.29, 0.717) is 26.1 Å². The minimum atomic E-state index is -0.729. The number of hydrogen-bond acceptors (Lipinski definition) is 3. The second-order valence-corrected chi connectivity index (χ2v) is 3.37. The van der Waals surface area contributed by atoms with Gasteiger partial charge in [-0.05, 0) is 20.3 Å². The fourth-order valence-corrected chi connectivity index (χ4v) is 1.32. The maximum absolute atomic E-state index is 11.1. The van der Waals surface area contributed by atoms with E-state index in [0.717, 1.165) is 0 Å². The van der Waals surface area contributed by atoms with Gasteiger partial charge >= 0.3 is 6.09 Å². The number of β-amino-alcohol motifs (C(OH)–C–C–N with tert-alkyl or cyclic N) is 1. The van der Waals surface area contributed by atoms with E-state index in [1.54, 1.807) is 13.8 Å². The van der Waals surface area contributed by atoms with Crippen LogP contribution in [0.15, 0.2) is 0 Å². The second kappa shape index (κ2) is 9.46. The van der Waals surface area contributed by atoms with Crippen LogP contribution in [0.1, 0.15) is 48.0 Å². The van der Waals surface area contributed by atoms with E-state index < -0.39 is 5.60 Å². The molecular weight excluding hydrogens is 206 g/mol. The lowest BCUT2D eigenvalue weighted by atomic mass is 10.1. The molecule has 1 aliphatic heterocycles. The van der Waals surface area contributed by atoms with E-state index in [1.165, 1.54) is 4.90 Å². The van der Waals surface area contributed by atoms with Crippen LogP contribution in [0.25, 0.3) is 0 Å². The van der Waals surface area contributed by atoms with Gasteiger partial charge in [0.25, 0.3) is 0 Å². The monoisotopic (exact) mass is 233 g/mol. The third-order valence-electron chi connectivity index (χ3n) is 1.98. The molecule has 0 saturated carbocycles. The molecule has 16 heavy (non-hydrogen) atoms.